The minimum absolute atomic E-state index is 0.0952. The van der Waals surface area contributed by atoms with Crippen molar-refractivity contribution < 1.29 is 23.7 Å². The molecule has 58 valence electrons. The van der Waals surface area contributed by atoms with E-state index < -0.39 is 12.4 Å². The Kier molecular flexibility index (Phi) is 2.61. The molecule has 1 fully saturated rings. The number of carbonyl (C=O) groups is 1. The van der Waals surface area contributed by atoms with Crippen LogP contribution in [-0.2, 0) is 23.7 Å². The van der Waals surface area contributed by atoms with Gasteiger partial charge in [0.15, 0.2) is 13.6 Å². The molecule has 1 saturated heterocycles. The third-order valence-electron chi connectivity index (χ3n) is 0.837. The Morgan fingerprint density at radius 2 is 2.10 bits per heavy atom. The summed E-state index contributed by atoms with van der Waals surface area (Å²) in [5.41, 5.74) is 0. The minimum Gasteiger partial charge on any atom is -0.410 e. The van der Waals surface area contributed by atoms with E-state index in [1.165, 1.54) is 6.92 Å². The molecule has 1 rings (SSSR count). The average Bonchev–Trinajstić information content (AvgIpc) is 1.88. The van der Waals surface area contributed by atoms with E-state index in [1.54, 1.807) is 0 Å². The van der Waals surface area contributed by atoms with E-state index in [4.69, 9.17) is 9.47 Å². The summed E-state index contributed by atoms with van der Waals surface area (Å²) in [6.45, 7) is 0.573. The van der Waals surface area contributed by atoms with E-state index in [9.17, 15) is 4.79 Å². The summed E-state index contributed by atoms with van der Waals surface area (Å²) in [5.74, 6) is -0.438. The standard InChI is InChI=1S/C5H8O5/c1-4(6)10-5-8-2-7-3-9-5/h5H,2-3H2,1H3. The maximum atomic E-state index is 10.3. The Balaban J connectivity index is 2.19. The molecule has 5 nitrogen and oxygen atoms in total. The predicted octanol–water partition coefficient (Wildman–Crippen LogP) is -0.189. The van der Waals surface area contributed by atoms with Crippen molar-refractivity contribution in [2.75, 3.05) is 13.6 Å². The first-order chi connectivity index (χ1) is 4.79. The lowest BCUT2D eigenvalue weighted by Crippen LogP contribution is -2.30. The smallest absolute Gasteiger partial charge is 0.322 e. The molecule has 0 bridgehead atoms. The van der Waals surface area contributed by atoms with Crippen molar-refractivity contribution in [2.45, 2.75) is 13.4 Å². The topological polar surface area (TPSA) is 54.0 Å². The van der Waals surface area contributed by atoms with Gasteiger partial charge in [-0.1, -0.05) is 0 Å². The molecule has 1 aliphatic rings. The summed E-state index contributed by atoms with van der Waals surface area (Å²) in [5, 5.41) is 0. The van der Waals surface area contributed by atoms with Gasteiger partial charge in [-0.05, 0) is 0 Å². The Morgan fingerprint density at radius 3 is 2.60 bits per heavy atom. The summed E-state index contributed by atoms with van der Waals surface area (Å²) in [6, 6.07) is 0. The predicted molar refractivity (Wildman–Crippen MR) is 28.5 cm³/mol. The largest absolute Gasteiger partial charge is 0.410 e. The molecular formula is C5H8O5. The molecule has 0 aromatic heterocycles. The van der Waals surface area contributed by atoms with Crippen LogP contribution in [0.3, 0.4) is 0 Å². The molecule has 0 saturated carbocycles. The van der Waals surface area contributed by atoms with Crippen molar-refractivity contribution in [3.8, 4) is 0 Å². The molecule has 0 aromatic rings. The van der Waals surface area contributed by atoms with Gasteiger partial charge in [0, 0.05) is 6.92 Å². The molecule has 0 amide bonds. The molecule has 0 N–H and O–H groups in total. The Hall–Kier alpha value is -0.650. The van der Waals surface area contributed by atoms with Crippen LogP contribution in [0.5, 0.6) is 0 Å². The van der Waals surface area contributed by atoms with Gasteiger partial charge in [0.05, 0.1) is 0 Å². The van der Waals surface area contributed by atoms with Crippen molar-refractivity contribution in [2.24, 2.45) is 0 Å². The van der Waals surface area contributed by atoms with Gasteiger partial charge >= 0.3 is 12.4 Å². The lowest BCUT2D eigenvalue weighted by Gasteiger charge is -2.21. The normalized spacial score (nSPS) is 20.5. The molecule has 0 unspecified atom stereocenters. The molecule has 5 heteroatoms. The maximum Gasteiger partial charge on any atom is 0.322 e. The number of ether oxygens (including phenoxy) is 4. The van der Waals surface area contributed by atoms with Crippen LogP contribution in [0.15, 0.2) is 0 Å². The highest BCUT2D eigenvalue weighted by Crippen LogP contribution is 2.03. The molecule has 0 atom stereocenters. The SMILES string of the molecule is CC(=O)OC1OCOCO1. The molecule has 0 radical (unpaired) electrons. The van der Waals surface area contributed by atoms with Crippen LogP contribution in [-0.4, -0.2) is 26.0 Å². The second-order valence-electron chi connectivity index (χ2n) is 1.67. The molecule has 0 aliphatic carbocycles. The fourth-order valence-corrected chi connectivity index (χ4v) is 0.493. The van der Waals surface area contributed by atoms with Crippen LogP contribution >= 0.6 is 0 Å². The van der Waals surface area contributed by atoms with Crippen molar-refractivity contribution in [1.82, 2.24) is 0 Å². The average molecular weight is 148 g/mol. The summed E-state index contributed by atoms with van der Waals surface area (Å²) in [7, 11) is 0. The van der Waals surface area contributed by atoms with E-state index >= 15 is 0 Å². The quantitative estimate of drug-likeness (QED) is 0.482. The molecule has 0 spiro atoms. The first-order valence-corrected chi connectivity index (χ1v) is 2.77. The summed E-state index contributed by atoms with van der Waals surface area (Å²) < 4.78 is 18.6. The van der Waals surface area contributed by atoms with Crippen LogP contribution < -0.4 is 0 Å². The summed E-state index contributed by atoms with van der Waals surface area (Å²) in [4.78, 5) is 10.3. The van der Waals surface area contributed by atoms with Gasteiger partial charge in [0.2, 0.25) is 0 Å². The Bertz CT molecular complexity index is 117. The molecule has 10 heavy (non-hydrogen) atoms. The first kappa shape index (κ1) is 7.46. The molecule has 1 aliphatic heterocycles. The number of hydrogen-bond acceptors (Lipinski definition) is 5. The summed E-state index contributed by atoms with van der Waals surface area (Å²) >= 11 is 0. The van der Waals surface area contributed by atoms with Crippen molar-refractivity contribution in [1.29, 1.82) is 0 Å². The van der Waals surface area contributed by atoms with Crippen LogP contribution in [0.4, 0.5) is 0 Å². The highest BCUT2D eigenvalue weighted by Gasteiger charge is 2.16. The fraction of sp³-hybridized carbons (Fsp3) is 0.800. The second-order valence-corrected chi connectivity index (χ2v) is 1.67. The Morgan fingerprint density at radius 1 is 1.50 bits per heavy atom. The zero-order valence-electron chi connectivity index (χ0n) is 5.53. The highest BCUT2D eigenvalue weighted by molar-refractivity contribution is 5.65. The van der Waals surface area contributed by atoms with Gasteiger partial charge in [-0.3, -0.25) is 14.3 Å². The van der Waals surface area contributed by atoms with E-state index in [0.717, 1.165) is 0 Å². The van der Waals surface area contributed by atoms with Gasteiger partial charge in [0.25, 0.3) is 0 Å². The van der Waals surface area contributed by atoms with E-state index in [0.29, 0.717) is 0 Å². The number of esters is 1. The van der Waals surface area contributed by atoms with Crippen LogP contribution in [0.1, 0.15) is 6.92 Å². The number of rotatable bonds is 1. The van der Waals surface area contributed by atoms with Crippen LogP contribution in [0, 0.1) is 0 Å². The molecular weight excluding hydrogens is 140 g/mol. The van der Waals surface area contributed by atoms with Gasteiger partial charge in [0.1, 0.15) is 0 Å². The first-order valence-electron chi connectivity index (χ1n) is 2.77. The number of carbonyl (C=O) groups excluding carboxylic acids is 1. The third-order valence-corrected chi connectivity index (χ3v) is 0.837. The molecule has 0 aromatic carbocycles. The zero-order chi connectivity index (χ0) is 7.40. The van der Waals surface area contributed by atoms with Crippen LogP contribution in [0.2, 0.25) is 0 Å². The van der Waals surface area contributed by atoms with E-state index in [-0.39, 0.29) is 13.6 Å². The Labute approximate surface area is 57.8 Å². The highest BCUT2D eigenvalue weighted by atomic mass is 16.9. The summed E-state index contributed by atoms with van der Waals surface area (Å²) in [6.07, 6.45) is 0. The third kappa shape index (κ3) is 2.30. The minimum atomic E-state index is -0.897. The maximum absolute atomic E-state index is 10.3. The molecule has 1 heterocycles. The van der Waals surface area contributed by atoms with Gasteiger partial charge < -0.3 is 9.47 Å². The van der Waals surface area contributed by atoms with Crippen molar-refractivity contribution in [3.63, 3.8) is 0 Å². The fourth-order valence-electron chi connectivity index (χ4n) is 0.493. The van der Waals surface area contributed by atoms with Crippen molar-refractivity contribution >= 4 is 5.97 Å². The van der Waals surface area contributed by atoms with E-state index in [2.05, 4.69) is 9.47 Å². The van der Waals surface area contributed by atoms with Gasteiger partial charge in [-0.25, -0.2) is 0 Å². The number of hydrogen-bond donors (Lipinski definition) is 0. The lowest BCUT2D eigenvalue weighted by molar-refractivity contribution is -0.370. The zero-order valence-corrected chi connectivity index (χ0v) is 5.53. The van der Waals surface area contributed by atoms with Gasteiger partial charge in [-0.2, -0.15) is 0 Å². The lowest BCUT2D eigenvalue weighted by atomic mass is 10.8. The van der Waals surface area contributed by atoms with E-state index in [1.807, 2.05) is 0 Å². The van der Waals surface area contributed by atoms with Crippen molar-refractivity contribution in [3.05, 3.63) is 0 Å². The van der Waals surface area contributed by atoms with Crippen LogP contribution in [0.25, 0.3) is 0 Å². The van der Waals surface area contributed by atoms with Gasteiger partial charge in [-0.15, -0.1) is 0 Å². The monoisotopic (exact) mass is 148 g/mol. The second kappa shape index (κ2) is 3.50.